The zero-order valence-corrected chi connectivity index (χ0v) is 18.5. The van der Waals surface area contributed by atoms with Gasteiger partial charge >= 0.3 is 0 Å². The van der Waals surface area contributed by atoms with E-state index >= 15 is 0 Å². The van der Waals surface area contributed by atoms with Crippen molar-refractivity contribution in [3.05, 3.63) is 59.7 Å². The number of thiazole rings is 1. The summed E-state index contributed by atoms with van der Waals surface area (Å²) in [7, 11) is -3.57. The summed E-state index contributed by atoms with van der Waals surface area (Å²) in [5, 5.41) is 5.09. The molecule has 2 aromatic heterocycles. The van der Waals surface area contributed by atoms with Crippen molar-refractivity contribution >= 4 is 32.4 Å². The molecule has 3 rings (SSSR count). The number of pyridine rings is 1. The third kappa shape index (κ3) is 5.10. The molecule has 0 fully saturated rings. The Hall–Kier alpha value is -2.62. The van der Waals surface area contributed by atoms with Gasteiger partial charge in [-0.25, -0.2) is 13.4 Å². The summed E-state index contributed by atoms with van der Waals surface area (Å²) in [4.78, 5) is 21.1. The minimum atomic E-state index is -3.57. The zero-order valence-electron chi connectivity index (χ0n) is 16.9. The molecule has 7 nitrogen and oxygen atoms in total. The maximum absolute atomic E-state index is 12.8. The molecule has 0 atom stereocenters. The van der Waals surface area contributed by atoms with Crippen molar-refractivity contribution in [2.75, 3.05) is 18.4 Å². The molecule has 0 saturated heterocycles. The van der Waals surface area contributed by atoms with E-state index in [0.29, 0.717) is 23.8 Å². The van der Waals surface area contributed by atoms with Gasteiger partial charge in [0.1, 0.15) is 0 Å². The van der Waals surface area contributed by atoms with Gasteiger partial charge in [-0.1, -0.05) is 13.8 Å². The van der Waals surface area contributed by atoms with Gasteiger partial charge in [-0.05, 0) is 49.2 Å². The average molecular weight is 445 g/mol. The molecule has 30 heavy (non-hydrogen) atoms. The molecule has 0 bridgehead atoms. The third-order valence-electron chi connectivity index (χ3n) is 4.40. The van der Waals surface area contributed by atoms with Crippen molar-refractivity contribution in [1.29, 1.82) is 0 Å². The number of sulfonamides is 1. The van der Waals surface area contributed by atoms with E-state index in [9.17, 15) is 13.2 Å². The number of nitrogens with zero attached hydrogens (tertiary/aromatic N) is 3. The largest absolute Gasteiger partial charge is 0.298 e. The molecular weight excluding hydrogens is 420 g/mol. The van der Waals surface area contributed by atoms with Gasteiger partial charge in [0.2, 0.25) is 10.0 Å². The van der Waals surface area contributed by atoms with Crippen LogP contribution in [0.2, 0.25) is 0 Å². The van der Waals surface area contributed by atoms with Gasteiger partial charge in [0, 0.05) is 42.0 Å². The summed E-state index contributed by atoms with van der Waals surface area (Å²) in [5.41, 5.74) is 2.04. The summed E-state index contributed by atoms with van der Waals surface area (Å²) >= 11 is 1.32. The second kappa shape index (κ2) is 9.92. The number of carbonyl (C=O) groups is 1. The maximum Gasteiger partial charge on any atom is 0.257 e. The molecule has 1 N–H and O–H groups in total. The summed E-state index contributed by atoms with van der Waals surface area (Å²) in [6, 6.07) is 9.70. The van der Waals surface area contributed by atoms with Crippen LogP contribution in [0, 0.1) is 0 Å². The summed E-state index contributed by atoms with van der Waals surface area (Å²) in [6.45, 7) is 4.85. The van der Waals surface area contributed by atoms with Gasteiger partial charge in [0.05, 0.1) is 10.6 Å². The predicted octanol–water partition coefficient (Wildman–Crippen LogP) is 4.27. The van der Waals surface area contributed by atoms with E-state index in [-0.39, 0.29) is 10.8 Å². The van der Waals surface area contributed by atoms with Gasteiger partial charge in [-0.3, -0.25) is 15.1 Å². The first-order chi connectivity index (χ1) is 14.5. The van der Waals surface area contributed by atoms with Crippen molar-refractivity contribution in [2.24, 2.45) is 0 Å². The molecule has 2 heterocycles. The summed E-state index contributed by atoms with van der Waals surface area (Å²) in [6.07, 6.45) is 4.86. The monoisotopic (exact) mass is 444 g/mol. The summed E-state index contributed by atoms with van der Waals surface area (Å²) in [5.74, 6) is -0.339. The Balaban J connectivity index is 1.72. The van der Waals surface area contributed by atoms with Crippen LogP contribution in [0.4, 0.5) is 5.13 Å². The van der Waals surface area contributed by atoms with E-state index in [2.05, 4.69) is 15.3 Å². The highest BCUT2D eigenvalue weighted by Crippen LogP contribution is 2.25. The fourth-order valence-electron chi connectivity index (χ4n) is 2.93. The predicted molar refractivity (Wildman–Crippen MR) is 119 cm³/mol. The maximum atomic E-state index is 12.8. The van der Waals surface area contributed by atoms with Crippen LogP contribution in [-0.4, -0.2) is 41.7 Å². The molecule has 9 heteroatoms. The quantitative estimate of drug-likeness (QED) is 0.532. The van der Waals surface area contributed by atoms with Crippen LogP contribution in [0.1, 0.15) is 37.0 Å². The van der Waals surface area contributed by atoms with E-state index < -0.39 is 10.0 Å². The number of hydrogen-bond acceptors (Lipinski definition) is 6. The van der Waals surface area contributed by atoms with Gasteiger partial charge in [0.25, 0.3) is 5.91 Å². The Labute approximate surface area is 180 Å². The number of benzene rings is 1. The standard InChI is InChI=1S/C21H24N4O3S2/c1-3-13-25(14-4-2)30(27,28)18-7-5-17(6-8-18)20(26)24-21-23-19(15-29-21)16-9-11-22-12-10-16/h5-12,15H,3-4,13-14H2,1-2H3,(H,23,24,26). The molecule has 1 amide bonds. The topological polar surface area (TPSA) is 92.3 Å². The molecule has 0 unspecified atom stereocenters. The Morgan fingerprint density at radius 1 is 1.03 bits per heavy atom. The minimum absolute atomic E-state index is 0.190. The number of anilines is 1. The van der Waals surface area contributed by atoms with Crippen LogP contribution in [0.5, 0.6) is 0 Å². The highest BCUT2D eigenvalue weighted by atomic mass is 32.2. The molecule has 0 aliphatic rings. The van der Waals surface area contributed by atoms with E-state index in [4.69, 9.17) is 0 Å². The van der Waals surface area contributed by atoms with Crippen molar-refractivity contribution < 1.29 is 13.2 Å². The SMILES string of the molecule is CCCN(CCC)S(=O)(=O)c1ccc(C(=O)Nc2nc(-c3ccncc3)cs2)cc1. The number of carbonyl (C=O) groups excluding carboxylic acids is 1. The van der Waals surface area contributed by atoms with Gasteiger partial charge in [0.15, 0.2) is 5.13 Å². The Morgan fingerprint density at radius 2 is 1.67 bits per heavy atom. The Kier molecular flexibility index (Phi) is 7.30. The molecule has 0 saturated carbocycles. The second-order valence-corrected chi connectivity index (χ2v) is 9.45. The fourth-order valence-corrected chi connectivity index (χ4v) is 5.27. The lowest BCUT2D eigenvalue weighted by molar-refractivity contribution is 0.102. The number of rotatable bonds is 9. The molecule has 0 radical (unpaired) electrons. The molecule has 0 aliphatic heterocycles. The van der Waals surface area contributed by atoms with Crippen LogP contribution in [0.25, 0.3) is 11.3 Å². The van der Waals surface area contributed by atoms with Crippen molar-refractivity contribution in [3.8, 4) is 11.3 Å². The highest BCUT2D eigenvalue weighted by Gasteiger charge is 2.23. The number of aromatic nitrogens is 2. The molecular formula is C21H24N4O3S2. The van der Waals surface area contributed by atoms with Crippen LogP contribution < -0.4 is 5.32 Å². The lowest BCUT2D eigenvalue weighted by Crippen LogP contribution is -2.32. The molecule has 3 aromatic rings. The van der Waals surface area contributed by atoms with E-state index in [1.54, 1.807) is 12.4 Å². The molecule has 1 aromatic carbocycles. The zero-order chi connectivity index (χ0) is 21.6. The normalized spacial score (nSPS) is 11.6. The number of nitrogens with one attached hydrogen (secondary N) is 1. The summed E-state index contributed by atoms with van der Waals surface area (Å²) < 4.78 is 27.2. The minimum Gasteiger partial charge on any atom is -0.298 e. The van der Waals surface area contributed by atoms with Crippen LogP contribution in [-0.2, 0) is 10.0 Å². The van der Waals surface area contributed by atoms with Gasteiger partial charge in [-0.2, -0.15) is 4.31 Å². The van der Waals surface area contributed by atoms with Gasteiger partial charge in [-0.15, -0.1) is 11.3 Å². The Morgan fingerprint density at radius 3 is 2.27 bits per heavy atom. The van der Waals surface area contributed by atoms with Crippen molar-refractivity contribution in [2.45, 2.75) is 31.6 Å². The third-order valence-corrected chi connectivity index (χ3v) is 7.07. The molecule has 0 spiro atoms. The van der Waals surface area contributed by atoms with Crippen molar-refractivity contribution in [3.63, 3.8) is 0 Å². The van der Waals surface area contributed by atoms with E-state index in [1.165, 1.54) is 39.9 Å². The lowest BCUT2D eigenvalue weighted by atomic mass is 10.2. The van der Waals surface area contributed by atoms with Crippen LogP contribution in [0.15, 0.2) is 59.1 Å². The number of amides is 1. The first kappa shape index (κ1) is 22.1. The first-order valence-electron chi connectivity index (χ1n) is 9.73. The number of hydrogen-bond donors (Lipinski definition) is 1. The second-order valence-electron chi connectivity index (χ2n) is 6.66. The van der Waals surface area contributed by atoms with Crippen molar-refractivity contribution in [1.82, 2.24) is 14.3 Å². The smallest absolute Gasteiger partial charge is 0.257 e. The van der Waals surface area contributed by atoms with Gasteiger partial charge < -0.3 is 0 Å². The van der Waals surface area contributed by atoms with Crippen LogP contribution >= 0.6 is 11.3 Å². The molecule has 0 aliphatic carbocycles. The first-order valence-corrected chi connectivity index (χ1v) is 12.0. The lowest BCUT2D eigenvalue weighted by Gasteiger charge is -2.21. The van der Waals surface area contributed by atoms with E-state index in [0.717, 1.165) is 24.1 Å². The van der Waals surface area contributed by atoms with Crippen LogP contribution in [0.3, 0.4) is 0 Å². The Bertz CT molecular complexity index is 1070. The van der Waals surface area contributed by atoms with E-state index in [1.807, 2.05) is 31.4 Å². The fraction of sp³-hybridized carbons (Fsp3) is 0.286. The average Bonchev–Trinajstić information content (AvgIpc) is 3.23. The molecule has 158 valence electrons. The highest BCUT2D eigenvalue weighted by molar-refractivity contribution is 7.89.